The Morgan fingerprint density at radius 3 is 1.90 bits per heavy atom. The summed E-state index contributed by atoms with van der Waals surface area (Å²) < 4.78 is 36.5. The number of benzene rings is 3. The highest BCUT2D eigenvalue weighted by molar-refractivity contribution is 7.89. The minimum Gasteiger partial charge on any atom is -0.455 e. The van der Waals surface area contributed by atoms with Crippen LogP contribution in [0.15, 0.2) is 77.7 Å². The molecule has 3 rings (SSSR count). The van der Waals surface area contributed by atoms with Gasteiger partial charge in [0.2, 0.25) is 10.0 Å². The van der Waals surface area contributed by atoms with E-state index in [0.717, 1.165) is 11.1 Å². The smallest absolute Gasteiger partial charge is 0.311 e. The molecule has 0 fully saturated rings. The molecule has 0 aliphatic carbocycles. The van der Waals surface area contributed by atoms with Crippen molar-refractivity contribution in [1.29, 1.82) is 0 Å². The maximum absolute atomic E-state index is 14.5. The molecule has 0 unspecified atom stereocenters. The minimum atomic E-state index is -4.03. The first-order valence-electron chi connectivity index (χ1n) is 13.7. The van der Waals surface area contributed by atoms with Crippen LogP contribution in [-0.4, -0.2) is 35.9 Å². The second-order valence-electron chi connectivity index (χ2n) is 11.9. The molecule has 0 saturated heterocycles. The van der Waals surface area contributed by atoms with E-state index < -0.39 is 45.6 Å². The zero-order valence-corrected chi connectivity index (χ0v) is 25.7. The highest BCUT2D eigenvalue weighted by Gasteiger charge is 2.40. The fourth-order valence-electron chi connectivity index (χ4n) is 5.25. The molecule has 0 aliphatic rings. The van der Waals surface area contributed by atoms with Gasteiger partial charge < -0.3 is 9.84 Å². The third-order valence-corrected chi connectivity index (χ3v) is 9.59. The summed E-state index contributed by atoms with van der Waals surface area (Å²) in [6.45, 7) is 14.6. The largest absolute Gasteiger partial charge is 0.455 e. The van der Waals surface area contributed by atoms with E-state index in [1.54, 1.807) is 13.8 Å². The van der Waals surface area contributed by atoms with Gasteiger partial charge in [0.25, 0.3) is 0 Å². The first kappa shape index (κ1) is 31.5. The van der Waals surface area contributed by atoms with Gasteiger partial charge >= 0.3 is 5.97 Å². The maximum Gasteiger partial charge on any atom is 0.311 e. The number of carbonyl (C=O) groups is 1. The number of nitrogens with zero attached hydrogens (tertiary/aromatic N) is 1. The summed E-state index contributed by atoms with van der Waals surface area (Å²) in [6, 6.07) is 21.6. The van der Waals surface area contributed by atoms with Gasteiger partial charge in [-0.3, -0.25) is 4.79 Å². The maximum atomic E-state index is 14.5. The average Bonchev–Trinajstić information content (AvgIpc) is 2.88. The van der Waals surface area contributed by atoms with Crippen LogP contribution < -0.4 is 0 Å². The van der Waals surface area contributed by atoms with Gasteiger partial charge in [0, 0.05) is 6.54 Å². The zero-order valence-electron chi connectivity index (χ0n) is 24.9. The van der Waals surface area contributed by atoms with Gasteiger partial charge in [-0.2, -0.15) is 4.31 Å². The second kappa shape index (κ2) is 12.7. The van der Waals surface area contributed by atoms with E-state index in [-0.39, 0.29) is 11.4 Å². The molecule has 6 nitrogen and oxygen atoms in total. The van der Waals surface area contributed by atoms with E-state index in [1.165, 1.54) is 4.31 Å². The first-order chi connectivity index (χ1) is 18.6. The molecule has 0 bridgehead atoms. The number of aliphatic hydroxyl groups excluding tert-OH is 1. The zero-order chi connectivity index (χ0) is 29.8. The molecular formula is C33H43NO5S. The topological polar surface area (TPSA) is 83.9 Å². The summed E-state index contributed by atoms with van der Waals surface area (Å²) in [5.41, 5.74) is 3.27. The molecule has 0 aliphatic heterocycles. The fraction of sp³-hybridized carbons (Fsp3) is 0.424. The van der Waals surface area contributed by atoms with Crippen LogP contribution in [0.2, 0.25) is 0 Å². The summed E-state index contributed by atoms with van der Waals surface area (Å²) >= 11 is 0. The third-order valence-electron chi connectivity index (χ3n) is 7.35. The van der Waals surface area contributed by atoms with Crippen molar-refractivity contribution >= 4 is 16.0 Å². The van der Waals surface area contributed by atoms with Gasteiger partial charge in [0.1, 0.15) is 6.10 Å². The normalized spacial score (nSPS) is 15.3. The Kier molecular flexibility index (Phi) is 9.99. The van der Waals surface area contributed by atoms with Crippen LogP contribution in [0.5, 0.6) is 0 Å². The molecule has 40 heavy (non-hydrogen) atoms. The molecular weight excluding hydrogens is 522 g/mol. The Balaban J connectivity index is 2.13. The number of rotatable bonds is 10. The van der Waals surface area contributed by atoms with Crippen molar-refractivity contribution in [1.82, 2.24) is 4.31 Å². The molecule has 0 amide bonds. The summed E-state index contributed by atoms with van der Waals surface area (Å²) in [4.78, 5) is 13.7. The quantitative estimate of drug-likeness (QED) is 0.283. The number of hydrogen-bond donors (Lipinski definition) is 1. The van der Waals surface area contributed by atoms with Crippen LogP contribution in [0.25, 0.3) is 0 Å². The third kappa shape index (κ3) is 7.19. The standard InChI is InChI=1S/C33H43NO5S/c1-22-19-23(2)30(24(3)20-22)40(37,38)34(21-27-15-11-9-12-16-27)26(5)29(28-17-13-10-14-18-28)39-32(36)25(4)31(35)33(6,7)8/h9-20,25-26,29,31,35H,21H2,1-8H3/t25-,26+,29+,31+/m1/s1. The second-order valence-corrected chi connectivity index (χ2v) is 13.7. The SMILES string of the molecule is Cc1cc(C)c(S(=O)(=O)N(Cc2ccccc2)[C@@H](C)[C@H](OC(=O)[C@H](C)[C@H](O)C(C)(C)C)c2ccccc2)c(C)c1. The van der Waals surface area contributed by atoms with Gasteiger partial charge in [-0.05, 0) is 62.3 Å². The van der Waals surface area contributed by atoms with Crippen LogP contribution in [0.4, 0.5) is 0 Å². The Hall–Kier alpha value is -3.00. The lowest BCUT2D eigenvalue weighted by Gasteiger charge is -2.36. The van der Waals surface area contributed by atoms with Gasteiger partial charge in [0.05, 0.1) is 23.0 Å². The molecule has 216 valence electrons. The van der Waals surface area contributed by atoms with Crippen LogP contribution in [0.3, 0.4) is 0 Å². The number of aryl methyl sites for hydroxylation is 3. The molecule has 3 aromatic carbocycles. The van der Waals surface area contributed by atoms with Crippen LogP contribution in [0, 0.1) is 32.1 Å². The predicted molar refractivity (Wildman–Crippen MR) is 159 cm³/mol. The lowest BCUT2D eigenvalue weighted by atomic mass is 9.82. The summed E-state index contributed by atoms with van der Waals surface area (Å²) in [5, 5.41) is 10.8. The van der Waals surface area contributed by atoms with E-state index in [9.17, 15) is 18.3 Å². The van der Waals surface area contributed by atoms with E-state index in [1.807, 2.05) is 114 Å². The Morgan fingerprint density at radius 2 is 1.40 bits per heavy atom. The Morgan fingerprint density at radius 1 is 0.900 bits per heavy atom. The van der Waals surface area contributed by atoms with E-state index in [4.69, 9.17) is 4.74 Å². The highest BCUT2D eigenvalue weighted by Crippen LogP contribution is 2.35. The monoisotopic (exact) mass is 565 g/mol. The molecule has 1 N–H and O–H groups in total. The number of ether oxygens (including phenoxy) is 1. The van der Waals surface area contributed by atoms with Crippen LogP contribution in [0.1, 0.15) is 68.5 Å². The van der Waals surface area contributed by atoms with E-state index in [0.29, 0.717) is 16.7 Å². The molecule has 0 saturated carbocycles. The predicted octanol–water partition coefficient (Wildman–Crippen LogP) is 6.52. The van der Waals surface area contributed by atoms with Crippen molar-refractivity contribution in [3.05, 3.63) is 101 Å². The summed E-state index contributed by atoms with van der Waals surface area (Å²) in [7, 11) is -4.03. The van der Waals surface area contributed by atoms with E-state index >= 15 is 0 Å². The van der Waals surface area contributed by atoms with Crippen molar-refractivity contribution in [2.45, 2.75) is 85.1 Å². The summed E-state index contributed by atoms with van der Waals surface area (Å²) in [5.74, 6) is -1.39. The molecule has 0 aromatic heterocycles. The number of esters is 1. The Labute approximate surface area is 240 Å². The summed E-state index contributed by atoms with van der Waals surface area (Å²) in [6.07, 6.45) is -1.85. The van der Waals surface area contributed by atoms with Crippen LogP contribution >= 0.6 is 0 Å². The van der Waals surface area contributed by atoms with Crippen molar-refractivity contribution in [2.24, 2.45) is 11.3 Å². The van der Waals surface area contributed by atoms with Gasteiger partial charge in [0.15, 0.2) is 0 Å². The molecule has 0 spiro atoms. The average molecular weight is 566 g/mol. The number of carbonyl (C=O) groups excluding carboxylic acids is 1. The molecule has 7 heteroatoms. The highest BCUT2D eigenvalue weighted by atomic mass is 32.2. The molecule has 0 heterocycles. The van der Waals surface area contributed by atoms with Crippen molar-refractivity contribution in [2.75, 3.05) is 0 Å². The fourth-order valence-corrected chi connectivity index (χ4v) is 7.29. The molecule has 3 aromatic rings. The van der Waals surface area contributed by atoms with Crippen molar-refractivity contribution in [3.8, 4) is 0 Å². The molecule has 0 radical (unpaired) electrons. The van der Waals surface area contributed by atoms with Gasteiger partial charge in [-0.1, -0.05) is 99.1 Å². The number of aliphatic hydroxyl groups is 1. The van der Waals surface area contributed by atoms with Gasteiger partial charge in [-0.25, -0.2) is 8.42 Å². The first-order valence-corrected chi connectivity index (χ1v) is 15.2. The van der Waals surface area contributed by atoms with Crippen molar-refractivity contribution in [3.63, 3.8) is 0 Å². The van der Waals surface area contributed by atoms with Crippen molar-refractivity contribution < 1.29 is 23.1 Å². The van der Waals surface area contributed by atoms with Crippen LogP contribution in [-0.2, 0) is 26.1 Å². The minimum absolute atomic E-state index is 0.0954. The lowest BCUT2D eigenvalue weighted by Crippen LogP contribution is -2.44. The number of hydrogen-bond acceptors (Lipinski definition) is 5. The number of sulfonamides is 1. The molecule has 4 atom stereocenters. The van der Waals surface area contributed by atoms with Gasteiger partial charge in [-0.15, -0.1) is 0 Å². The Bertz CT molecular complexity index is 1370. The lowest BCUT2D eigenvalue weighted by molar-refractivity contribution is -0.163. The van der Waals surface area contributed by atoms with E-state index in [2.05, 4.69) is 0 Å².